The molecule has 176 valence electrons. The van der Waals surface area contributed by atoms with Gasteiger partial charge in [-0.2, -0.15) is 0 Å². The van der Waals surface area contributed by atoms with Crippen molar-refractivity contribution in [2.45, 2.75) is 19.9 Å². The summed E-state index contributed by atoms with van der Waals surface area (Å²) >= 11 is 0. The third kappa shape index (κ3) is 7.37. The fraction of sp³-hybridized carbons (Fsp3) is 0.192. The van der Waals surface area contributed by atoms with Crippen molar-refractivity contribution in [3.8, 4) is 11.5 Å². The second-order valence-corrected chi connectivity index (χ2v) is 7.27. The van der Waals surface area contributed by atoms with Gasteiger partial charge < -0.3 is 24.8 Å². The van der Waals surface area contributed by atoms with Crippen LogP contribution < -0.4 is 20.1 Å². The van der Waals surface area contributed by atoms with Crippen LogP contribution in [0.5, 0.6) is 11.5 Å². The lowest BCUT2D eigenvalue weighted by Crippen LogP contribution is -2.24. The van der Waals surface area contributed by atoms with E-state index in [0.717, 1.165) is 11.1 Å². The van der Waals surface area contributed by atoms with Gasteiger partial charge in [0.2, 0.25) is 5.91 Å². The molecule has 0 unspecified atom stereocenters. The molecule has 0 heterocycles. The molecule has 3 aromatic carbocycles. The summed E-state index contributed by atoms with van der Waals surface area (Å²) < 4.78 is 14.9. The molecule has 34 heavy (non-hydrogen) atoms. The minimum Gasteiger partial charge on any atom is -0.497 e. The molecule has 0 bridgehead atoms. The minimum absolute atomic E-state index is 0.0963. The molecule has 0 aliphatic rings. The quantitative estimate of drug-likeness (QED) is 0.362. The highest BCUT2D eigenvalue weighted by Gasteiger charge is 2.09. The molecule has 0 aromatic heterocycles. The van der Waals surface area contributed by atoms with Gasteiger partial charge in [-0.15, -0.1) is 0 Å². The van der Waals surface area contributed by atoms with Crippen molar-refractivity contribution >= 4 is 23.7 Å². The molecule has 0 saturated carbocycles. The van der Waals surface area contributed by atoms with Crippen molar-refractivity contribution in [3.05, 3.63) is 89.5 Å². The lowest BCUT2D eigenvalue weighted by molar-refractivity contribution is -0.120. The molecule has 0 spiro atoms. The first-order valence-electron chi connectivity index (χ1n) is 10.7. The van der Waals surface area contributed by atoms with Crippen molar-refractivity contribution in [2.24, 2.45) is 0 Å². The third-order valence-electron chi connectivity index (χ3n) is 4.78. The van der Waals surface area contributed by atoms with E-state index in [4.69, 9.17) is 14.2 Å². The van der Waals surface area contributed by atoms with Crippen molar-refractivity contribution in [3.63, 3.8) is 0 Å². The number of carbonyl (C=O) groups is 3. The summed E-state index contributed by atoms with van der Waals surface area (Å²) in [6.07, 6.45) is -0.536. The summed E-state index contributed by atoms with van der Waals surface area (Å²) in [7, 11) is 1.59. The van der Waals surface area contributed by atoms with Crippen molar-refractivity contribution < 1.29 is 28.6 Å². The van der Waals surface area contributed by atoms with Crippen LogP contribution in [0.3, 0.4) is 0 Å². The average Bonchev–Trinajstić information content (AvgIpc) is 2.84. The summed E-state index contributed by atoms with van der Waals surface area (Å²) in [4.78, 5) is 36.0. The summed E-state index contributed by atoms with van der Waals surface area (Å²) in [6.45, 7) is 2.27. The first-order valence-corrected chi connectivity index (χ1v) is 10.7. The summed E-state index contributed by atoms with van der Waals surface area (Å²) in [5, 5.41) is 5.69. The van der Waals surface area contributed by atoms with Crippen LogP contribution in [0, 0.1) is 0 Å². The van der Waals surface area contributed by atoms with Crippen LogP contribution in [0.4, 0.5) is 10.5 Å². The van der Waals surface area contributed by atoms with E-state index in [2.05, 4.69) is 10.6 Å². The molecule has 0 atom stereocenters. The van der Waals surface area contributed by atoms with Crippen molar-refractivity contribution in [2.75, 3.05) is 19.0 Å². The van der Waals surface area contributed by atoms with Crippen LogP contribution in [0.2, 0.25) is 0 Å². The molecule has 0 saturated heterocycles. The zero-order valence-electron chi connectivity index (χ0n) is 19.0. The van der Waals surface area contributed by atoms with Crippen LogP contribution in [-0.4, -0.2) is 31.7 Å². The van der Waals surface area contributed by atoms with Crippen LogP contribution in [-0.2, 0) is 22.5 Å². The van der Waals surface area contributed by atoms with E-state index in [1.165, 1.54) is 12.1 Å². The zero-order chi connectivity index (χ0) is 24.3. The van der Waals surface area contributed by atoms with Gasteiger partial charge in [0.15, 0.2) is 0 Å². The summed E-state index contributed by atoms with van der Waals surface area (Å²) in [6, 6.07) is 20.7. The van der Waals surface area contributed by atoms with Crippen molar-refractivity contribution in [1.82, 2.24) is 5.32 Å². The molecule has 2 N–H and O–H groups in total. The van der Waals surface area contributed by atoms with Crippen molar-refractivity contribution in [1.29, 1.82) is 0 Å². The van der Waals surface area contributed by atoms with Gasteiger partial charge in [-0.05, 0) is 66.6 Å². The number of carbonyl (C=O) groups excluding carboxylic acids is 3. The molecule has 3 aromatic rings. The highest BCUT2D eigenvalue weighted by molar-refractivity contribution is 6.04. The van der Waals surface area contributed by atoms with Gasteiger partial charge >= 0.3 is 6.16 Å². The number of ether oxygens (including phenoxy) is 3. The molecule has 3 rings (SSSR count). The Morgan fingerprint density at radius 3 is 2.26 bits per heavy atom. The van der Waals surface area contributed by atoms with Gasteiger partial charge in [0.05, 0.1) is 20.1 Å². The van der Waals surface area contributed by atoms with Gasteiger partial charge in [-0.25, -0.2) is 4.79 Å². The Hall–Kier alpha value is -4.33. The van der Waals surface area contributed by atoms with Crippen LogP contribution >= 0.6 is 0 Å². The summed E-state index contributed by atoms with van der Waals surface area (Å²) in [5.41, 5.74) is 2.79. The van der Waals surface area contributed by atoms with E-state index in [9.17, 15) is 14.4 Å². The maximum Gasteiger partial charge on any atom is 0.513 e. The fourth-order valence-corrected chi connectivity index (χ4v) is 3.06. The van der Waals surface area contributed by atoms with E-state index in [1.54, 1.807) is 38.3 Å². The lowest BCUT2D eigenvalue weighted by atomic mass is 10.1. The Labute approximate surface area is 197 Å². The topological polar surface area (TPSA) is 103 Å². The highest BCUT2D eigenvalue weighted by atomic mass is 16.7. The number of methoxy groups -OCH3 is 1. The van der Waals surface area contributed by atoms with Gasteiger partial charge in [0, 0.05) is 17.8 Å². The van der Waals surface area contributed by atoms with Gasteiger partial charge in [0.1, 0.15) is 11.5 Å². The molecule has 0 fully saturated rings. The number of rotatable bonds is 9. The highest BCUT2D eigenvalue weighted by Crippen LogP contribution is 2.16. The van der Waals surface area contributed by atoms with E-state index in [0.29, 0.717) is 23.5 Å². The Kier molecular flexibility index (Phi) is 8.62. The number of nitrogens with one attached hydrogen (secondary N) is 2. The third-order valence-corrected chi connectivity index (χ3v) is 4.78. The SMILES string of the molecule is CCOC(=O)Oc1ccc(C(=O)Nc2ccc(CNC(=O)Cc3cccc(OC)c3)cc2)cc1. The van der Waals surface area contributed by atoms with E-state index < -0.39 is 6.16 Å². The fourth-order valence-electron chi connectivity index (χ4n) is 3.06. The molecule has 8 nitrogen and oxygen atoms in total. The summed E-state index contributed by atoms with van der Waals surface area (Å²) in [5.74, 6) is 0.597. The average molecular weight is 463 g/mol. The molecular formula is C26H26N2O6. The number of hydrogen-bond acceptors (Lipinski definition) is 6. The van der Waals surface area contributed by atoms with E-state index >= 15 is 0 Å². The minimum atomic E-state index is -0.795. The number of amides is 2. The van der Waals surface area contributed by atoms with Gasteiger partial charge in [0.25, 0.3) is 5.91 Å². The molecule has 0 aliphatic heterocycles. The maximum atomic E-state index is 12.5. The molecule has 0 aliphatic carbocycles. The second-order valence-electron chi connectivity index (χ2n) is 7.27. The predicted molar refractivity (Wildman–Crippen MR) is 127 cm³/mol. The van der Waals surface area contributed by atoms with E-state index in [1.807, 2.05) is 36.4 Å². The molecular weight excluding hydrogens is 436 g/mol. The number of anilines is 1. The Morgan fingerprint density at radius 2 is 1.59 bits per heavy atom. The standard InChI is InChI=1S/C26H26N2O6/c1-3-33-26(31)34-22-13-9-20(10-14-22)25(30)28-21-11-7-18(8-12-21)17-27-24(29)16-19-5-4-6-23(15-19)32-2/h4-15H,3,16-17H2,1-2H3,(H,27,29)(H,28,30). The van der Waals surface area contributed by atoms with Gasteiger partial charge in [-0.3, -0.25) is 9.59 Å². The van der Waals surface area contributed by atoms with Gasteiger partial charge in [-0.1, -0.05) is 24.3 Å². The van der Waals surface area contributed by atoms with Crippen LogP contribution in [0.15, 0.2) is 72.8 Å². The Balaban J connectivity index is 1.47. The predicted octanol–water partition coefficient (Wildman–Crippen LogP) is 4.34. The smallest absolute Gasteiger partial charge is 0.497 e. The number of hydrogen-bond donors (Lipinski definition) is 2. The lowest BCUT2D eigenvalue weighted by Gasteiger charge is -2.09. The first-order chi connectivity index (χ1) is 16.5. The first kappa shape index (κ1) is 24.3. The van der Waals surface area contributed by atoms with Crippen LogP contribution in [0.1, 0.15) is 28.4 Å². The molecule has 2 amide bonds. The largest absolute Gasteiger partial charge is 0.513 e. The molecule has 8 heteroatoms. The maximum absolute atomic E-state index is 12.5. The van der Waals surface area contributed by atoms with E-state index in [-0.39, 0.29) is 30.6 Å². The monoisotopic (exact) mass is 462 g/mol. The normalized spacial score (nSPS) is 10.2. The number of benzene rings is 3. The Morgan fingerprint density at radius 1 is 0.853 bits per heavy atom. The Bertz CT molecular complexity index is 1130. The zero-order valence-corrected chi connectivity index (χ0v) is 19.0. The second kappa shape index (κ2) is 12.1. The van der Waals surface area contributed by atoms with Crippen LogP contribution in [0.25, 0.3) is 0 Å². The molecule has 0 radical (unpaired) electrons.